The van der Waals surface area contributed by atoms with Crippen LogP contribution in [0, 0.1) is 12.7 Å². The summed E-state index contributed by atoms with van der Waals surface area (Å²) in [4.78, 5) is 12.3. The Bertz CT molecular complexity index is 882. The molecule has 0 radical (unpaired) electrons. The van der Waals surface area contributed by atoms with Crippen LogP contribution in [-0.4, -0.2) is 14.7 Å². The molecule has 0 aliphatic heterocycles. The number of nitrogens with one attached hydrogen (secondary N) is 1. The number of benzene rings is 2. The number of rotatable bonds is 6. The summed E-state index contributed by atoms with van der Waals surface area (Å²) in [6.45, 7) is 2.43. The number of carbonyl (C=O) groups is 1. The van der Waals surface area contributed by atoms with Gasteiger partial charge in [-0.1, -0.05) is 18.2 Å². The van der Waals surface area contributed by atoms with Gasteiger partial charge in [-0.25, -0.2) is 4.39 Å². The largest absolute Gasteiger partial charge is 0.487 e. The van der Waals surface area contributed by atoms with Crippen molar-refractivity contribution >= 4 is 17.6 Å². The van der Waals surface area contributed by atoms with Crippen molar-refractivity contribution in [2.45, 2.75) is 20.1 Å². The van der Waals surface area contributed by atoms with Gasteiger partial charge in [0.25, 0.3) is 5.91 Å². The van der Waals surface area contributed by atoms with Gasteiger partial charge in [-0.05, 0) is 42.8 Å². The van der Waals surface area contributed by atoms with Crippen LogP contribution < -0.4 is 10.1 Å². The lowest BCUT2D eigenvalue weighted by atomic mass is 10.2. The normalized spacial score (nSPS) is 10.5. The number of nitrogens with zero attached hydrogens (tertiary/aromatic N) is 2. The molecule has 0 saturated heterocycles. The maximum Gasteiger partial charge on any atom is 0.251 e. The minimum absolute atomic E-state index is 0.249. The molecule has 1 N–H and O–H groups in total. The van der Waals surface area contributed by atoms with Crippen molar-refractivity contribution in [2.24, 2.45) is 0 Å². The fourth-order valence-electron chi connectivity index (χ4n) is 2.19. The van der Waals surface area contributed by atoms with Crippen LogP contribution >= 0.6 is 11.7 Å². The number of carbonyl (C=O) groups excluding carboxylic acids is 1. The highest BCUT2D eigenvalue weighted by Gasteiger charge is 2.08. The molecule has 0 bridgehead atoms. The van der Waals surface area contributed by atoms with Gasteiger partial charge in [0, 0.05) is 12.1 Å². The molecule has 0 aliphatic carbocycles. The molecule has 0 saturated carbocycles. The molecule has 0 unspecified atom stereocenters. The molecule has 1 amide bonds. The molecular formula is C18H16FN3O2S. The molecule has 2 aromatic carbocycles. The fourth-order valence-corrected chi connectivity index (χ4v) is 2.74. The van der Waals surface area contributed by atoms with Crippen LogP contribution in [0.4, 0.5) is 4.39 Å². The average Bonchev–Trinajstić information content (AvgIpc) is 3.03. The molecular weight excluding hydrogens is 341 g/mol. The van der Waals surface area contributed by atoms with Gasteiger partial charge in [-0.2, -0.15) is 8.75 Å². The van der Waals surface area contributed by atoms with Crippen LogP contribution in [-0.2, 0) is 13.2 Å². The molecule has 7 heteroatoms. The van der Waals surface area contributed by atoms with Gasteiger partial charge in [-0.3, -0.25) is 4.79 Å². The van der Waals surface area contributed by atoms with Crippen molar-refractivity contribution in [2.75, 3.05) is 0 Å². The van der Waals surface area contributed by atoms with Gasteiger partial charge in [0.15, 0.2) is 0 Å². The monoisotopic (exact) mass is 357 g/mol. The Balaban J connectivity index is 1.60. The van der Waals surface area contributed by atoms with E-state index in [1.165, 1.54) is 12.1 Å². The summed E-state index contributed by atoms with van der Waals surface area (Å²) in [6.07, 6.45) is 0. The average molecular weight is 357 g/mol. The van der Waals surface area contributed by atoms with E-state index >= 15 is 0 Å². The molecule has 3 rings (SSSR count). The molecule has 5 nitrogen and oxygen atoms in total. The molecule has 25 heavy (non-hydrogen) atoms. The second-order valence-electron chi connectivity index (χ2n) is 5.43. The zero-order chi connectivity index (χ0) is 17.6. The van der Waals surface area contributed by atoms with E-state index in [9.17, 15) is 9.18 Å². The van der Waals surface area contributed by atoms with E-state index in [1.807, 2.05) is 6.92 Å². The highest BCUT2D eigenvalue weighted by Crippen LogP contribution is 2.16. The van der Waals surface area contributed by atoms with Gasteiger partial charge >= 0.3 is 0 Å². The van der Waals surface area contributed by atoms with Crippen LogP contribution in [0.3, 0.4) is 0 Å². The predicted octanol–water partition coefficient (Wildman–Crippen LogP) is 3.49. The zero-order valence-electron chi connectivity index (χ0n) is 13.5. The van der Waals surface area contributed by atoms with Gasteiger partial charge in [0.05, 0.1) is 17.4 Å². The maximum atomic E-state index is 13.2. The van der Waals surface area contributed by atoms with Crippen LogP contribution in [0.15, 0.2) is 48.5 Å². The number of aryl methyl sites for hydroxylation is 1. The number of halogens is 1. The van der Waals surface area contributed by atoms with Crippen molar-refractivity contribution in [3.8, 4) is 5.75 Å². The first-order valence-electron chi connectivity index (χ1n) is 7.65. The summed E-state index contributed by atoms with van der Waals surface area (Å²) < 4.78 is 27.1. The maximum absolute atomic E-state index is 13.2. The van der Waals surface area contributed by atoms with E-state index in [2.05, 4.69) is 14.1 Å². The van der Waals surface area contributed by atoms with E-state index in [0.29, 0.717) is 23.5 Å². The minimum atomic E-state index is -0.325. The van der Waals surface area contributed by atoms with E-state index in [4.69, 9.17) is 4.74 Å². The predicted molar refractivity (Wildman–Crippen MR) is 93.0 cm³/mol. The first-order valence-corrected chi connectivity index (χ1v) is 8.38. The Morgan fingerprint density at radius 1 is 1.20 bits per heavy atom. The number of hydrogen-bond acceptors (Lipinski definition) is 5. The van der Waals surface area contributed by atoms with E-state index in [1.54, 1.807) is 36.4 Å². The highest BCUT2D eigenvalue weighted by atomic mass is 32.1. The second kappa shape index (κ2) is 7.85. The van der Waals surface area contributed by atoms with Gasteiger partial charge in [-0.15, -0.1) is 0 Å². The molecule has 128 valence electrons. The fraction of sp³-hybridized carbons (Fsp3) is 0.167. The molecule has 0 atom stereocenters. The third-order valence-corrected chi connectivity index (χ3v) is 4.22. The van der Waals surface area contributed by atoms with Crippen molar-refractivity contribution in [1.29, 1.82) is 0 Å². The highest BCUT2D eigenvalue weighted by molar-refractivity contribution is 6.99. The van der Waals surface area contributed by atoms with E-state index in [0.717, 1.165) is 23.1 Å². The third-order valence-electron chi connectivity index (χ3n) is 3.56. The summed E-state index contributed by atoms with van der Waals surface area (Å²) >= 11 is 1.14. The summed E-state index contributed by atoms with van der Waals surface area (Å²) in [5, 5.41) is 2.77. The quantitative estimate of drug-likeness (QED) is 0.733. The Hall–Kier alpha value is -2.80. The van der Waals surface area contributed by atoms with Crippen LogP contribution in [0.25, 0.3) is 0 Å². The lowest BCUT2D eigenvalue weighted by molar-refractivity contribution is 0.0950. The van der Waals surface area contributed by atoms with E-state index in [-0.39, 0.29) is 18.3 Å². The Kier molecular flexibility index (Phi) is 5.35. The third kappa shape index (κ3) is 4.60. The minimum Gasteiger partial charge on any atom is -0.487 e. The summed E-state index contributed by atoms with van der Waals surface area (Å²) in [5.41, 5.74) is 2.80. The first kappa shape index (κ1) is 17.0. The molecule has 1 aromatic heterocycles. The van der Waals surface area contributed by atoms with Crippen molar-refractivity contribution in [3.63, 3.8) is 0 Å². The number of ether oxygens (including phenoxy) is 1. The number of hydrogen-bond donors (Lipinski definition) is 1. The second-order valence-corrected chi connectivity index (χ2v) is 5.95. The van der Waals surface area contributed by atoms with Crippen molar-refractivity contribution in [3.05, 3.63) is 76.9 Å². The van der Waals surface area contributed by atoms with Crippen molar-refractivity contribution in [1.82, 2.24) is 14.1 Å². The SMILES string of the molecule is Cc1nsnc1COc1cccc(C(=O)NCc2cccc(F)c2)c1. The Labute approximate surface area is 148 Å². The number of amides is 1. The molecule has 0 fully saturated rings. The Morgan fingerprint density at radius 3 is 2.80 bits per heavy atom. The number of aromatic nitrogens is 2. The van der Waals surface area contributed by atoms with Gasteiger partial charge < -0.3 is 10.1 Å². The zero-order valence-corrected chi connectivity index (χ0v) is 14.3. The molecule has 0 aliphatic rings. The lowest BCUT2D eigenvalue weighted by Crippen LogP contribution is -2.22. The molecule has 1 heterocycles. The van der Waals surface area contributed by atoms with E-state index < -0.39 is 0 Å². The molecule has 3 aromatic rings. The summed E-state index contributed by atoms with van der Waals surface area (Å²) in [6, 6.07) is 13.0. The topological polar surface area (TPSA) is 64.1 Å². The van der Waals surface area contributed by atoms with Crippen molar-refractivity contribution < 1.29 is 13.9 Å². The van der Waals surface area contributed by atoms with Crippen LogP contribution in [0.5, 0.6) is 5.75 Å². The summed E-state index contributed by atoms with van der Waals surface area (Å²) in [7, 11) is 0. The summed E-state index contributed by atoms with van der Waals surface area (Å²) in [5.74, 6) is 0.000918. The smallest absolute Gasteiger partial charge is 0.251 e. The van der Waals surface area contributed by atoms with Gasteiger partial charge in [0.1, 0.15) is 23.9 Å². The van der Waals surface area contributed by atoms with Gasteiger partial charge in [0.2, 0.25) is 0 Å². The van der Waals surface area contributed by atoms with Crippen LogP contribution in [0.2, 0.25) is 0 Å². The first-order chi connectivity index (χ1) is 12.1. The van der Waals surface area contributed by atoms with Crippen LogP contribution in [0.1, 0.15) is 27.3 Å². The standard InChI is InChI=1S/C18H16FN3O2S/c1-12-17(22-25-21-12)11-24-16-7-3-5-14(9-16)18(23)20-10-13-4-2-6-15(19)8-13/h2-9H,10-11H2,1H3,(H,20,23). The Morgan fingerprint density at radius 2 is 2.04 bits per heavy atom. The lowest BCUT2D eigenvalue weighted by Gasteiger charge is -2.08. The molecule has 0 spiro atoms.